The number of rotatable bonds is 10. The molecule has 0 aliphatic carbocycles. The van der Waals surface area contributed by atoms with Gasteiger partial charge in [0, 0.05) is 13.6 Å². The van der Waals surface area contributed by atoms with Crippen LogP contribution in [0.2, 0.25) is 10.0 Å². The van der Waals surface area contributed by atoms with E-state index >= 15 is 0 Å². The molecule has 0 bridgehead atoms. The summed E-state index contributed by atoms with van der Waals surface area (Å²) in [6, 6.07) is 1.59. The summed E-state index contributed by atoms with van der Waals surface area (Å²) < 4.78 is 136. The minimum absolute atomic E-state index is 0.153. The molecule has 1 heterocycles. The highest BCUT2D eigenvalue weighted by Crippen LogP contribution is 2.44. The zero-order valence-electron chi connectivity index (χ0n) is 19.5. The third-order valence-electron chi connectivity index (χ3n) is 4.61. The van der Waals surface area contributed by atoms with E-state index in [1.165, 1.54) is 0 Å². The highest BCUT2D eigenvalue weighted by atomic mass is 35.5. The maximum absolute atomic E-state index is 13.6. The fraction of sp³-hybridized carbons (Fsp3) is 0.375. The largest absolute Gasteiger partial charge is 0.502 e. The van der Waals surface area contributed by atoms with Crippen molar-refractivity contribution in [2.75, 3.05) is 25.1 Å². The van der Waals surface area contributed by atoms with Crippen molar-refractivity contribution in [3.8, 4) is 11.8 Å². The van der Waals surface area contributed by atoms with E-state index in [9.17, 15) is 49.2 Å². The molecule has 1 aromatic heterocycles. The van der Waals surface area contributed by atoms with Gasteiger partial charge in [0.25, 0.3) is 9.84 Å². The van der Waals surface area contributed by atoms with Crippen LogP contribution in [0.5, 0.6) is 0 Å². The number of hydrogen-bond acceptors (Lipinski definition) is 9. The number of alkyl halides is 6. The number of aromatic nitrogens is 2. The molecular formula is C16H14Cl2F6N4O10P2S. The molecule has 2 aromatic rings. The summed E-state index contributed by atoms with van der Waals surface area (Å²) in [6.07, 6.45) is -7.16. The van der Waals surface area contributed by atoms with Crippen LogP contribution in [0.4, 0.5) is 32.2 Å². The number of benzene rings is 1. The number of likely N-dealkylation sites (N-methyl/N-ethyl adjacent to an activating group) is 1. The Kier molecular flexibility index (Phi) is 10.3. The molecule has 1 unspecified atom stereocenters. The zero-order chi connectivity index (χ0) is 31.9. The van der Waals surface area contributed by atoms with Gasteiger partial charge in [0.05, 0.1) is 22.2 Å². The van der Waals surface area contributed by atoms with Crippen molar-refractivity contribution < 1.29 is 72.5 Å². The molecule has 0 amide bonds. The Morgan fingerprint density at radius 2 is 1.61 bits per heavy atom. The lowest BCUT2D eigenvalue weighted by atomic mass is 10.2. The topological polar surface area (TPSA) is 213 Å². The zero-order valence-corrected chi connectivity index (χ0v) is 23.6. The van der Waals surface area contributed by atoms with Gasteiger partial charge in [-0.1, -0.05) is 23.2 Å². The number of sulfone groups is 1. The summed E-state index contributed by atoms with van der Waals surface area (Å²) in [5.41, 5.74) is -9.86. The third-order valence-corrected chi connectivity index (χ3v) is 7.77. The first-order valence-corrected chi connectivity index (χ1v) is 15.2. The Bertz CT molecular complexity index is 1540. The van der Waals surface area contributed by atoms with Crippen LogP contribution in [-0.4, -0.2) is 69.6 Å². The highest BCUT2D eigenvalue weighted by Gasteiger charge is 2.52. The van der Waals surface area contributed by atoms with Crippen LogP contribution in [0.3, 0.4) is 0 Å². The van der Waals surface area contributed by atoms with Gasteiger partial charge in [-0.3, -0.25) is 9.05 Å². The van der Waals surface area contributed by atoms with Crippen molar-refractivity contribution in [2.24, 2.45) is 0 Å². The Morgan fingerprint density at radius 3 is 2.00 bits per heavy atom. The predicted molar refractivity (Wildman–Crippen MR) is 125 cm³/mol. The molecule has 0 saturated heterocycles. The number of nitrogens with zero attached hydrogens (tertiary/aromatic N) is 4. The van der Waals surface area contributed by atoms with Gasteiger partial charge in [-0.2, -0.15) is 36.7 Å². The maximum atomic E-state index is 13.6. The molecule has 41 heavy (non-hydrogen) atoms. The SMILES string of the molecule is CN(CC(COP(=O)(O)O)OP(=O)(O)O)c1c(S(=O)(=O)C(F)(F)F)c(C#N)nn1-c1c(Cl)cc(C(F)(F)F)cc1Cl. The van der Waals surface area contributed by atoms with E-state index in [4.69, 9.17) is 42.8 Å². The second kappa shape index (κ2) is 12.0. The van der Waals surface area contributed by atoms with Crippen LogP contribution >= 0.6 is 38.8 Å². The summed E-state index contributed by atoms with van der Waals surface area (Å²) in [6.45, 7) is -2.50. The van der Waals surface area contributed by atoms with Crippen LogP contribution in [-0.2, 0) is 34.2 Å². The maximum Gasteiger partial charge on any atom is 0.502 e. The third kappa shape index (κ3) is 8.55. The van der Waals surface area contributed by atoms with Gasteiger partial charge in [-0.25, -0.2) is 22.2 Å². The second-order valence-electron chi connectivity index (χ2n) is 7.65. The van der Waals surface area contributed by atoms with Gasteiger partial charge < -0.3 is 24.5 Å². The van der Waals surface area contributed by atoms with E-state index in [1.54, 1.807) is 0 Å². The number of halogens is 8. The molecule has 2 rings (SSSR count). The molecule has 230 valence electrons. The molecule has 0 aliphatic heterocycles. The van der Waals surface area contributed by atoms with Crippen molar-refractivity contribution >= 4 is 54.5 Å². The molecule has 25 heteroatoms. The lowest BCUT2D eigenvalue weighted by Gasteiger charge is -2.27. The van der Waals surface area contributed by atoms with Gasteiger partial charge in [-0.15, -0.1) is 0 Å². The molecule has 0 radical (unpaired) electrons. The van der Waals surface area contributed by atoms with Gasteiger partial charge >= 0.3 is 27.3 Å². The fourth-order valence-electron chi connectivity index (χ4n) is 3.14. The summed E-state index contributed by atoms with van der Waals surface area (Å²) in [5, 5.41) is 10.9. The van der Waals surface area contributed by atoms with Crippen LogP contribution in [0.25, 0.3) is 5.69 Å². The normalized spacial score (nSPS) is 14.1. The van der Waals surface area contributed by atoms with E-state index in [0.717, 1.165) is 13.1 Å². The monoisotopic (exact) mass is 700 g/mol. The Balaban J connectivity index is 2.91. The van der Waals surface area contributed by atoms with E-state index in [2.05, 4.69) is 14.1 Å². The molecular weight excluding hydrogens is 687 g/mol. The van der Waals surface area contributed by atoms with Crippen molar-refractivity contribution in [1.29, 1.82) is 5.26 Å². The van der Waals surface area contributed by atoms with Crippen molar-refractivity contribution in [1.82, 2.24) is 9.78 Å². The summed E-state index contributed by atoms with van der Waals surface area (Å²) in [4.78, 5) is 34.5. The minimum atomic E-state index is -6.51. The lowest BCUT2D eigenvalue weighted by Crippen LogP contribution is -2.36. The summed E-state index contributed by atoms with van der Waals surface area (Å²) in [5.74, 6) is -1.28. The molecule has 1 aromatic carbocycles. The number of anilines is 1. The molecule has 0 fully saturated rings. The van der Waals surface area contributed by atoms with Crippen LogP contribution in [0, 0.1) is 11.3 Å². The van der Waals surface area contributed by atoms with Crippen molar-refractivity contribution in [3.05, 3.63) is 33.4 Å². The second-order valence-corrected chi connectivity index (χ2v) is 12.8. The Hall–Kier alpha value is -1.95. The Morgan fingerprint density at radius 1 is 1.10 bits per heavy atom. The average Bonchev–Trinajstić information content (AvgIpc) is 3.14. The molecule has 1 atom stereocenters. The first kappa shape index (κ1) is 35.2. The molecule has 0 saturated carbocycles. The summed E-state index contributed by atoms with van der Waals surface area (Å²) in [7, 11) is -16.6. The average molecular weight is 701 g/mol. The minimum Gasteiger partial charge on any atom is -0.356 e. The first-order valence-electron chi connectivity index (χ1n) is 9.86. The van der Waals surface area contributed by atoms with Gasteiger partial charge in [0.15, 0.2) is 16.4 Å². The van der Waals surface area contributed by atoms with Crippen molar-refractivity contribution in [3.63, 3.8) is 0 Å². The predicted octanol–water partition coefficient (Wildman–Crippen LogP) is 3.39. The van der Waals surface area contributed by atoms with E-state index < -0.39 is 94.1 Å². The smallest absolute Gasteiger partial charge is 0.356 e. The molecule has 0 spiro atoms. The lowest BCUT2D eigenvalue weighted by molar-refractivity contribution is -0.137. The van der Waals surface area contributed by atoms with Crippen molar-refractivity contribution in [2.45, 2.75) is 22.7 Å². The molecule has 14 nitrogen and oxygen atoms in total. The highest BCUT2D eigenvalue weighted by molar-refractivity contribution is 7.92. The quantitative estimate of drug-likeness (QED) is 0.207. The van der Waals surface area contributed by atoms with E-state index in [0.29, 0.717) is 4.90 Å². The number of phosphoric ester groups is 2. The first-order chi connectivity index (χ1) is 18.3. The molecule has 4 N–H and O–H groups in total. The van der Waals surface area contributed by atoms with Crippen LogP contribution in [0.15, 0.2) is 17.0 Å². The number of phosphoric acid groups is 2. The van der Waals surface area contributed by atoms with Crippen LogP contribution in [0.1, 0.15) is 11.3 Å². The fourth-order valence-corrected chi connectivity index (χ4v) is 5.72. The summed E-state index contributed by atoms with van der Waals surface area (Å²) >= 11 is 11.8. The standard InChI is InChI=1S/C16H14Cl2F6N4O10P2S/c1-27(5-8(38-40(32,33)34)6-37-39(29,30)31)14-13(41(35,36)16(22,23)24)11(4-25)26-28(14)12-9(17)2-7(3-10(12)18)15(19,20)21/h2-3,8H,5-6H2,1H3,(H2,29,30,31)(H2,32,33,34). The Labute approximate surface area is 235 Å². The van der Waals surface area contributed by atoms with E-state index in [1.807, 2.05) is 0 Å². The number of hydrogen-bond donors (Lipinski definition) is 4. The van der Waals surface area contributed by atoms with Gasteiger partial charge in [0.1, 0.15) is 17.9 Å². The molecule has 0 aliphatic rings. The van der Waals surface area contributed by atoms with E-state index in [-0.39, 0.29) is 16.8 Å². The van der Waals surface area contributed by atoms with Crippen LogP contribution < -0.4 is 4.90 Å². The number of nitriles is 1. The van der Waals surface area contributed by atoms with Gasteiger partial charge in [-0.05, 0) is 12.1 Å². The van der Waals surface area contributed by atoms with Gasteiger partial charge in [0.2, 0.25) is 0 Å².